The van der Waals surface area contributed by atoms with Crippen LogP contribution in [0.2, 0.25) is 4.34 Å². The number of hydrogen-bond donors (Lipinski definition) is 1. The summed E-state index contributed by atoms with van der Waals surface area (Å²) in [6.45, 7) is 0. The van der Waals surface area contributed by atoms with Crippen LogP contribution in [0, 0.1) is 0 Å². The third kappa shape index (κ3) is 3.37. The zero-order chi connectivity index (χ0) is 15.5. The topological polar surface area (TPSA) is 69.1 Å². The van der Waals surface area contributed by atoms with Gasteiger partial charge in [-0.2, -0.15) is 0 Å². The van der Waals surface area contributed by atoms with Crippen LogP contribution in [-0.2, 0) is 6.42 Å². The molecule has 0 amide bonds. The maximum atomic E-state index is 12.0. The van der Waals surface area contributed by atoms with E-state index in [9.17, 15) is 4.79 Å². The van der Waals surface area contributed by atoms with Gasteiger partial charge in [0.05, 0.1) is 9.21 Å². The van der Waals surface area contributed by atoms with Crippen LogP contribution in [0.5, 0.6) is 0 Å². The molecular weight excluding hydrogens is 320 g/mol. The second-order valence-electron chi connectivity index (χ2n) is 4.83. The average Bonchev–Trinajstić information content (AvgIpc) is 3.15. The van der Waals surface area contributed by atoms with Crippen LogP contribution in [0.25, 0.3) is 11.3 Å². The van der Waals surface area contributed by atoms with Crippen molar-refractivity contribution in [2.45, 2.75) is 12.8 Å². The Hall–Kier alpha value is -2.11. The summed E-state index contributed by atoms with van der Waals surface area (Å²) in [6, 6.07) is 12.7. The van der Waals surface area contributed by atoms with Gasteiger partial charge in [-0.05, 0) is 24.3 Å². The van der Waals surface area contributed by atoms with Gasteiger partial charge in [0.2, 0.25) is 0 Å². The highest BCUT2D eigenvalue weighted by atomic mass is 35.5. The van der Waals surface area contributed by atoms with Crippen LogP contribution < -0.4 is 5.73 Å². The predicted molar refractivity (Wildman–Crippen MR) is 88.3 cm³/mol. The molecular formula is C16H13ClN2O2S. The van der Waals surface area contributed by atoms with E-state index in [1.165, 1.54) is 11.3 Å². The van der Waals surface area contributed by atoms with Crippen molar-refractivity contribution in [3.63, 3.8) is 0 Å². The van der Waals surface area contributed by atoms with Gasteiger partial charge in [-0.15, -0.1) is 11.3 Å². The molecule has 0 atom stereocenters. The molecule has 0 fully saturated rings. The lowest BCUT2D eigenvalue weighted by Gasteiger charge is -1.95. The minimum atomic E-state index is 0.0577. The van der Waals surface area contributed by atoms with E-state index < -0.39 is 0 Å². The first-order chi connectivity index (χ1) is 10.6. The number of thiophene rings is 1. The van der Waals surface area contributed by atoms with E-state index in [2.05, 4.69) is 5.16 Å². The molecule has 0 aliphatic rings. The number of nitrogens with two attached hydrogens (primary N) is 1. The van der Waals surface area contributed by atoms with Crippen LogP contribution in [-0.4, -0.2) is 10.9 Å². The van der Waals surface area contributed by atoms with Gasteiger partial charge in [-0.3, -0.25) is 4.79 Å². The molecule has 0 aliphatic heterocycles. The molecule has 4 nitrogen and oxygen atoms in total. The summed E-state index contributed by atoms with van der Waals surface area (Å²) in [7, 11) is 0. The largest absolute Gasteiger partial charge is 0.399 e. The van der Waals surface area contributed by atoms with Crippen molar-refractivity contribution in [3.05, 3.63) is 57.4 Å². The van der Waals surface area contributed by atoms with Gasteiger partial charge in [0.1, 0.15) is 11.5 Å². The van der Waals surface area contributed by atoms with Crippen LogP contribution in [0.1, 0.15) is 21.9 Å². The van der Waals surface area contributed by atoms with Gasteiger partial charge in [0, 0.05) is 30.2 Å². The predicted octanol–water partition coefficient (Wildman–Crippen LogP) is 4.45. The number of anilines is 1. The van der Waals surface area contributed by atoms with Crippen molar-refractivity contribution >= 4 is 34.4 Å². The summed E-state index contributed by atoms with van der Waals surface area (Å²) >= 11 is 7.12. The number of aryl methyl sites for hydroxylation is 1. The fourth-order valence-corrected chi connectivity index (χ4v) is 3.06. The Kier molecular flexibility index (Phi) is 4.27. The minimum absolute atomic E-state index is 0.0577. The van der Waals surface area contributed by atoms with E-state index in [1.807, 2.05) is 30.3 Å². The van der Waals surface area contributed by atoms with E-state index in [0.29, 0.717) is 33.5 Å². The van der Waals surface area contributed by atoms with E-state index in [-0.39, 0.29) is 5.78 Å². The number of nitrogens with zero attached hydrogens (tertiary/aromatic N) is 1. The lowest BCUT2D eigenvalue weighted by molar-refractivity contribution is 0.0984. The van der Waals surface area contributed by atoms with Gasteiger partial charge in [0.25, 0.3) is 0 Å². The fourth-order valence-electron chi connectivity index (χ4n) is 2.04. The highest BCUT2D eigenvalue weighted by molar-refractivity contribution is 7.18. The van der Waals surface area contributed by atoms with Gasteiger partial charge >= 0.3 is 0 Å². The van der Waals surface area contributed by atoms with Crippen LogP contribution in [0.4, 0.5) is 5.69 Å². The molecule has 0 aliphatic carbocycles. The molecule has 0 unspecified atom stereocenters. The molecule has 3 rings (SSSR count). The molecule has 22 heavy (non-hydrogen) atoms. The van der Waals surface area contributed by atoms with Gasteiger partial charge in [-0.1, -0.05) is 28.9 Å². The summed E-state index contributed by atoms with van der Waals surface area (Å²) in [5.41, 5.74) is 8.03. The number of benzene rings is 1. The molecule has 6 heteroatoms. The number of carbonyl (C=O) groups is 1. The van der Waals surface area contributed by atoms with E-state index in [1.54, 1.807) is 12.1 Å². The maximum absolute atomic E-state index is 12.0. The summed E-state index contributed by atoms with van der Waals surface area (Å²) in [5, 5.41) is 4.03. The summed E-state index contributed by atoms with van der Waals surface area (Å²) in [5.74, 6) is 0.741. The third-order valence-electron chi connectivity index (χ3n) is 3.21. The molecule has 3 aromatic rings. The average molecular weight is 333 g/mol. The quantitative estimate of drug-likeness (QED) is 0.553. The zero-order valence-electron chi connectivity index (χ0n) is 11.6. The fraction of sp³-hybridized carbons (Fsp3) is 0.125. The number of aromatic nitrogens is 1. The Morgan fingerprint density at radius 3 is 2.68 bits per heavy atom. The number of hydrogen-bond acceptors (Lipinski definition) is 5. The summed E-state index contributed by atoms with van der Waals surface area (Å²) in [4.78, 5) is 12.7. The Labute approximate surface area is 136 Å². The molecule has 0 saturated heterocycles. The Morgan fingerprint density at radius 1 is 1.23 bits per heavy atom. The van der Waals surface area contributed by atoms with Gasteiger partial charge in [0.15, 0.2) is 5.78 Å². The molecule has 0 saturated carbocycles. The molecule has 112 valence electrons. The molecule has 0 spiro atoms. The highest BCUT2D eigenvalue weighted by Crippen LogP contribution is 2.24. The van der Waals surface area contributed by atoms with E-state index in [4.69, 9.17) is 21.9 Å². The first-order valence-corrected chi connectivity index (χ1v) is 7.91. The standard InChI is InChI=1S/C16H13ClN2O2S/c17-16-8-7-15(22-16)14(20)6-5-12-9-13(19-21-12)10-1-3-11(18)4-2-10/h1-4,7-9H,5-6,18H2. The first kappa shape index (κ1) is 14.8. The number of halogens is 1. The second kappa shape index (κ2) is 6.34. The van der Waals surface area contributed by atoms with Gasteiger partial charge < -0.3 is 10.3 Å². The second-order valence-corrected chi connectivity index (χ2v) is 6.54. The smallest absolute Gasteiger partial charge is 0.173 e. The normalized spacial score (nSPS) is 10.8. The van der Waals surface area contributed by atoms with Gasteiger partial charge in [-0.25, -0.2) is 0 Å². The molecule has 0 radical (unpaired) electrons. The van der Waals surface area contributed by atoms with Crippen LogP contribution >= 0.6 is 22.9 Å². The summed E-state index contributed by atoms with van der Waals surface area (Å²) < 4.78 is 5.90. The van der Waals surface area contributed by atoms with Crippen molar-refractivity contribution in [1.29, 1.82) is 0 Å². The molecule has 2 heterocycles. The summed E-state index contributed by atoms with van der Waals surface area (Å²) in [6.07, 6.45) is 0.879. The van der Waals surface area contributed by atoms with E-state index in [0.717, 1.165) is 11.3 Å². The monoisotopic (exact) mass is 332 g/mol. The van der Waals surface area contributed by atoms with Crippen LogP contribution in [0.3, 0.4) is 0 Å². The van der Waals surface area contributed by atoms with Crippen LogP contribution in [0.15, 0.2) is 47.0 Å². The van der Waals surface area contributed by atoms with Crippen molar-refractivity contribution in [2.75, 3.05) is 5.73 Å². The minimum Gasteiger partial charge on any atom is -0.399 e. The molecule has 2 aromatic heterocycles. The van der Waals surface area contributed by atoms with Crippen molar-refractivity contribution in [2.24, 2.45) is 0 Å². The molecule has 0 bridgehead atoms. The highest BCUT2D eigenvalue weighted by Gasteiger charge is 2.12. The number of ketones is 1. The maximum Gasteiger partial charge on any atom is 0.173 e. The number of Topliss-reactive ketones (excluding diaryl/α,β-unsaturated/α-hetero) is 1. The molecule has 1 aromatic carbocycles. The van der Waals surface area contributed by atoms with E-state index >= 15 is 0 Å². The number of rotatable bonds is 5. The first-order valence-electron chi connectivity index (χ1n) is 6.72. The SMILES string of the molecule is Nc1ccc(-c2cc(CCC(=O)c3ccc(Cl)s3)on2)cc1. The lowest BCUT2D eigenvalue weighted by Crippen LogP contribution is -1.97. The lowest BCUT2D eigenvalue weighted by atomic mass is 10.1. The zero-order valence-corrected chi connectivity index (χ0v) is 13.2. The number of nitrogen functional groups attached to an aromatic ring is 1. The third-order valence-corrected chi connectivity index (χ3v) is 4.48. The van der Waals surface area contributed by atoms with Crippen molar-refractivity contribution in [3.8, 4) is 11.3 Å². The Bertz CT molecular complexity index is 793. The Balaban J connectivity index is 1.64. The molecule has 2 N–H and O–H groups in total. The Morgan fingerprint density at radius 2 is 2.00 bits per heavy atom. The van der Waals surface area contributed by atoms with Crippen molar-refractivity contribution in [1.82, 2.24) is 5.16 Å². The number of carbonyl (C=O) groups excluding carboxylic acids is 1. The van der Waals surface area contributed by atoms with Crippen molar-refractivity contribution < 1.29 is 9.32 Å².